The standard InChI is InChI=1S/C15H22F3N/c1-5-19-12(8-9-15(2,3)4)10-6-7-11(16)14(18)13(10)17/h6-7,12,19H,5,8-9H2,1-4H3. The highest BCUT2D eigenvalue weighted by molar-refractivity contribution is 5.23. The molecule has 1 rings (SSSR count). The summed E-state index contributed by atoms with van der Waals surface area (Å²) in [5, 5.41) is 3.13. The normalized spacial score (nSPS) is 13.6. The SMILES string of the molecule is CCNC(CCC(C)(C)C)c1ccc(F)c(F)c1F. The minimum absolute atomic E-state index is 0.114. The van der Waals surface area contributed by atoms with Crippen LogP contribution in [-0.2, 0) is 0 Å². The molecule has 0 fully saturated rings. The summed E-state index contributed by atoms with van der Waals surface area (Å²) < 4.78 is 40.0. The van der Waals surface area contributed by atoms with Crippen LogP contribution in [0.5, 0.6) is 0 Å². The Labute approximate surface area is 113 Å². The molecular formula is C15H22F3N. The summed E-state index contributed by atoms with van der Waals surface area (Å²) in [4.78, 5) is 0. The third-order valence-electron chi connectivity index (χ3n) is 3.07. The molecule has 19 heavy (non-hydrogen) atoms. The highest BCUT2D eigenvalue weighted by Crippen LogP contribution is 2.29. The largest absolute Gasteiger partial charge is 0.310 e. The first-order valence-corrected chi connectivity index (χ1v) is 6.63. The molecule has 1 nitrogen and oxygen atoms in total. The molecule has 0 amide bonds. The van der Waals surface area contributed by atoms with Crippen molar-refractivity contribution in [2.75, 3.05) is 6.54 Å². The molecule has 1 aromatic rings. The summed E-state index contributed by atoms with van der Waals surface area (Å²) in [6.07, 6.45) is 1.54. The van der Waals surface area contributed by atoms with Gasteiger partial charge in [0, 0.05) is 11.6 Å². The maximum absolute atomic E-state index is 13.8. The predicted octanol–water partition coefficient (Wildman–Crippen LogP) is 4.58. The lowest BCUT2D eigenvalue weighted by Gasteiger charge is -2.24. The molecule has 0 spiro atoms. The van der Waals surface area contributed by atoms with Gasteiger partial charge >= 0.3 is 0 Å². The van der Waals surface area contributed by atoms with Gasteiger partial charge in [0.15, 0.2) is 17.5 Å². The van der Waals surface area contributed by atoms with Crippen molar-refractivity contribution in [2.24, 2.45) is 5.41 Å². The van der Waals surface area contributed by atoms with Crippen molar-refractivity contribution in [1.82, 2.24) is 5.32 Å². The van der Waals surface area contributed by atoms with Crippen LogP contribution in [0.25, 0.3) is 0 Å². The van der Waals surface area contributed by atoms with Gasteiger partial charge in [-0.05, 0) is 30.9 Å². The van der Waals surface area contributed by atoms with Crippen LogP contribution >= 0.6 is 0 Å². The molecule has 0 bridgehead atoms. The molecule has 0 aliphatic heterocycles. The van der Waals surface area contributed by atoms with Crippen LogP contribution in [0, 0.1) is 22.9 Å². The zero-order chi connectivity index (χ0) is 14.6. The van der Waals surface area contributed by atoms with E-state index in [1.54, 1.807) is 0 Å². The van der Waals surface area contributed by atoms with Crippen molar-refractivity contribution in [3.05, 3.63) is 35.1 Å². The Bertz CT molecular complexity index is 424. The first kappa shape index (κ1) is 16.0. The lowest BCUT2D eigenvalue weighted by atomic mass is 9.87. The van der Waals surface area contributed by atoms with Gasteiger partial charge in [-0.3, -0.25) is 0 Å². The Morgan fingerprint density at radius 3 is 2.26 bits per heavy atom. The van der Waals surface area contributed by atoms with Gasteiger partial charge in [-0.25, -0.2) is 13.2 Å². The van der Waals surface area contributed by atoms with Gasteiger partial charge in [-0.2, -0.15) is 0 Å². The van der Waals surface area contributed by atoms with E-state index in [2.05, 4.69) is 26.1 Å². The van der Waals surface area contributed by atoms with Crippen molar-refractivity contribution in [3.63, 3.8) is 0 Å². The van der Waals surface area contributed by atoms with E-state index in [9.17, 15) is 13.2 Å². The van der Waals surface area contributed by atoms with E-state index in [1.165, 1.54) is 6.07 Å². The van der Waals surface area contributed by atoms with Gasteiger partial charge in [-0.15, -0.1) is 0 Å². The molecule has 0 aromatic heterocycles. The number of halogens is 3. The topological polar surface area (TPSA) is 12.0 Å². The van der Waals surface area contributed by atoms with E-state index >= 15 is 0 Å². The van der Waals surface area contributed by atoms with Gasteiger partial charge in [-0.1, -0.05) is 33.8 Å². The summed E-state index contributed by atoms with van der Waals surface area (Å²) in [5.41, 5.74) is 0.313. The average Bonchev–Trinajstić information content (AvgIpc) is 2.31. The van der Waals surface area contributed by atoms with E-state index in [4.69, 9.17) is 0 Å². The second-order valence-corrected chi connectivity index (χ2v) is 5.97. The molecule has 108 valence electrons. The maximum Gasteiger partial charge on any atom is 0.194 e. The summed E-state index contributed by atoms with van der Waals surface area (Å²) in [6.45, 7) is 8.84. The Balaban J connectivity index is 2.96. The molecule has 0 aliphatic carbocycles. The highest BCUT2D eigenvalue weighted by atomic mass is 19.2. The third-order valence-corrected chi connectivity index (χ3v) is 3.07. The Morgan fingerprint density at radius 1 is 1.11 bits per heavy atom. The minimum atomic E-state index is -1.39. The zero-order valence-corrected chi connectivity index (χ0v) is 12.0. The van der Waals surface area contributed by atoms with E-state index in [0.717, 1.165) is 12.5 Å². The molecule has 0 radical (unpaired) electrons. The van der Waals surface area contributed by atoms with Gasteiger partial charge < -0.3 is 5.32 Å². The van der Waals surface area contributed by atoms with Crippen LogP contribution in [0.4, 0.5) is 13.2 Å². The van der Waals surface area contributed by atoms with E-state index in [-0.39, 0.29) is 17.0 Å². The summed E-state index contributed by atoms with van der Waals surface area (Å²) >= 11 is 0. The quantitative estimate of drug-likeness (QED) is 0.774. The minimum Gasteiger partial charge on any atom is -0.310 e. The van der Waals surface area contributed by atoms with Gasteiger partial charge in [0.2, 0.25) is 0 Å². The molecular weight excluding hydrogens is 251 g/mol. The number of hydrogen-bond acceptors (Lipinski definition) is 1. The number of nitrogens with one attached hydrogen (secondary N) is 1. The summed E-state index contributed by atoms with van der Waals surface area (Å²) in [6, 6.07) is 2.01. The van der Waals surface area contributed by atoms with Crippen molar-refractivity contribution in [3.8, 4) is 0 Å². The molecule has 1 atom stereocenters. The highest BCUT2D eigenvalue weighted by Gasteiger charge is 2.22. The maximum atomic E-state index is 13.8. The second kappa shape index (κ2) is 6.42. The third kappa shape index (κ3) is 4.53. The molecule has 0 aliphatic rings. The molecule has 0 heterocycles. The van der Waals surface area contributed by atoms with Crippen LogP contribution in [0.15, 0.2) is 12.1 Å². The number of rotatable bonds is 5. The molecule has 1 N–H and O–H groups in total. The number of hydrogen-bond donors (Lipinski definition) is 1. The van der Waals surface area contributed by atoms with Gasteiger partial charge in [0.1, 0.15) is 0 Å². The first-order chi connectivity index (χ1) is 8.76. The Morgan fingerprint density at radius 2 is 1.74 bits per heavy atom. The van der Waals surface area contributed by atoms with Gasteiger partial charge in [0.25, 0.3) is 0 Å². The Kier molecular flexibility index (Phi) is 5.41. The fourth-order valence-corrected chi connectivity index (χ4v) is 2.00. The molecule has 4 heteroatoms. The molecule has 0 saturated heterocycles. The van der Waals surface area contributed by atoms with E-state index < -0.39 is 17.5 Å². The van der Waals surface area contributed by atoms with Crippen LogP contribution < -0.4 is 5.32 Å². The van der Waals surface area contributed by atoms with Crippen LogP contribution in [0.1, 0.15) is 52.1 Å². The predicted molar refractivity (Wildman–Crippen MR) is 71.4 cm³/mol. The Hall–Kier alpha value is -1.03. The van der Waals surface area contributed by atoms with Crippen molar-refractivity contribution in [1.29, 1.82) is 0 Å². The van der Waals surface area contributed by atoms with Crippen molar-refractivity contribution >= 4 is 0 Å². The summed E-state index contributed by atoms with van der Waals surface area (Å²) in [7, 11) is 0. The van der Waals surface area contributed by atoms with E-state index in [0.29, 0.717) is 13.0 Å². The summed E-state index contributed by atoms with van der Waals surface area (Å²) in [5.74, 6) is -3.62. The molecule has 1 unspecified atom stereocenters. The van der Waals surface area contributed by atoms with Crippen molar-refractivity contribution in [2.45, 2.75) is 46.6 Å². The fraction of sp³-hybridized carbons (Fsp3) is 0.600. The number of benzene rings is 1. The lowest BCUT2D eigenvalue weighted by molar-refractivity contribution is 0.327. The zero-order valence-electron chi connectivity index (χ0n) is 12.0. The fourth-order valence-electron chi connectivity index (χ4n) is 2.00. The molecule has 0 saturated carbocycles. The van der Waals surface area contributed by atoms with Crippen LogP contribution in [0.2, 0.25) is 0 Å². The van der Waals surface area contributed by atoms with Crippen molar-refractivity contribution < 1.29 is 13.2 Å². The second-order valence-electron chi connectivity index (χ2n) is 5.97. The van der Waals surface area contributed by atoms with Crippen LogP contribution in [0.3, 0.4) is 0 Å². The monoisotopic (exact) mass is 273 g/mol. The first-order valence-electron chi connectivity index (χ1n) is 6.63. The van der Waals surface area contributed by atoms with E-state index in [1.807, 2.05) is 6.92 Å². The smallest absolute Gasteiger partial charge is 0.194 e. The van der Waals surface area contributed by atoms with Crippen LogP contribution in [-0.4, -0.2) is 6.54 Å². The lowest BCUT2D eigenvalue weighted by Crippen LogP contribution is -2.24. The molecule has 1 aromatic carbocycles. The van der Waals surface area contributed by atoms with Gasteiger partial charge in [0.05, 0.1) is 0 Å². The average molecular weight is 273 g/mol.